The van der Waals surface area contributed by atoms with Crippen LogP contribution in [-0.4, -0.2) is 174 Å². The molecule has 6 aromatic carbocycles. The molecule has 16 rings (SSSR count). The Morgan fingerprint density at radius 1 is 0.307 bits per heavy atom. The van der Waals surface area contributed by atoms with Crippen molar-refractivity contribution in [3.8, 4) is 102 Å². The maximum Gasteiger partial charge on any atom is 0.224 e. The van der Waals surface area contributed by atoms with Gasteiger partial charge in [0.1, 0.15) is 120 Å². The van der Waals surface area contributed by atoms with Gasteiger partial charge < -0.3 is 90.0 Å². The van der Waals surface area contributed by atoms with E-state index < -0.39 is 5.41 Å². The molecule has 0 spiro atoms. The zero-order valence-electron chi connectivity index (χ0n) is 49.4. The molecule has 0 amide bonds. The van der Waals surface area contributed by atoms with E-state index in [0.717, 1.165) is 68.5 Å². The summed E-state index contributed by atoms with van der Waals surface area (Å²) in [5.74, 6) is 6.70. The number of benzene rings is 6. The van der Waals surface area contributed by atoms with E-state index in [2.05, 4.69) is 68.4 Å². The van der Waals surface area contributed by atoms with E-state index >= 15 is 0 Å². The van der Waals surface area contributed by atoms with Crippen molar-refractivity contribution in [2.75, 3.05) is 119 Å². The van der Waals surface area contributed by atoms with Crippen LogP contribution in [0, 0.1) is 5.92 Å². The van der Waals surface area contributed by atoms with Crippen LogP contribution in [0.2, 0.25) is 0 Å². The molecule has 9 aliphatic heterocycles. The Labute approximate surface area is 510 Å². The highest BCUT2D eigenvalue weighted by Gasteiger charge is 2.36. The topological polar surface area (TPSA) is 205 Å². The molecule has 10 fully saturated rings. The summed E-state index contributed by atoms with van der Waals surface area (Å²) in [5.41, 5.74) is 7.96. The summed E-state index contributed by atoms with van der Waals surface area (Å²) in [6.45, 7) is 13.8. The second-order valence-corrected chi connectivity index (χ2v) is 24.8. The van der Waals surface area contributed by atoms with E-state index in [1.807, 2.05) is 42.5 Å². The molecular weight excluding hydrogens is 1130 g/mol. The summed E-state index contributed by atoms with van der Waals surface area (Å²) in [5, 5.41) is 0. The van der Waals surface area contributed by atoms with Crippen molar-refractivity contribution in [2.45, 2.75) is 87.2 Å². The fraction of sp³-hybridized carbons (Fsp3) is 0.478. The lowest BCUT2D eigenvalue weighted by Gasteiger charge is -2.31. The maximum absolute atomic E-state index is 7.07. The molecule has 0 radical (unpaired) electrons. The zero-order chi connectivity index (χ0) is 58.7. The van der Waals surface area contributed by atoms with Crippen LogP contribution in [0.15, 0.2) is 97.1 Å². The molecule has 1 saturated carbocycles. The normalized spacial score (nSPS) is 25.4. The van der Waals surface area contributed by atoms with Crippen LogP contribution < -0.4 is 47.4 Å². The Kier molecular flexibility index (Phi) is 15.4. The molecule has 462 valence electrons. The highest BCUT2D eigenvalue weighted by atomic mass is 16.8. The Morgan fingerprint density at radius 3 is 0.852 bits per heavy atom. The Morgan fingerprint density at radius 2 is 0.568 bits per heavy atom. The molecule has 9 unspecified atom stereocenters. The third kappa shape index (κ3) is 14.2. The average molecular weight is 1210 g/mol. The van der Waals surface area contributed by atoms with Crippen molar-refractivity contribution >= 4 is 0 Å². The summed E-state index contributed by atoms with van der Waals surface area (Å²) in [4.78, 5) is 0. The molecule has 1 aliphatic carbocycles. The predicted octanol–water partition coefficient (Wildman–Crippen LogP) is 9.43. The number of epoxide rings is 9. The summed E-state index contributed by atoms with van der Waals surface area (Å²) in [6.07, 6.45) is 1.99. The minimum absolute atomic E-state index is 0.00541. The van der Waals surface area contributed by atoms with Crippen molar-refractivity contribution < 1.29 is 90.0 Å². The van der Waals surface area contributed by atoms with Crippen LogP contribution in [0.25, 0.3) is 44.5 Å². The average Bonchev–Trinajstić information content (AvgIpc) is 1.93. The van der Waals surface area contributed by atoms with Crippen molar-refractivity contribution in [1.29, 1.82) is 0 Å². The van der Waals surface area contributed by atoms with E-state index in [0.29, 0.717) is 182 Å². The molecule has 9 atom stereocenters. The molecule has 88 heavy (non-hydrogen) atoms. The molecule has 0 aromatic heterocycles. The molecule has 19 heteroatoms. The van der Waals surface area contributed by atoms with Gasteiger partial charge in [0.15, 0.2) is 46.0 Å². The van der Waals surface area contributed by atoms with Crippen LogP contribution in [-0.2, 0) is 48.0 Å². The first-order valence-corrected chi connectivity index (χ1v) is 31.0. The van der Waals surface area contributed by atoms with Gasteiger partial charge in [-0.25, -0.2) is 0 Å². The quantitative estimate of drug-likeness (QED) is 0.0340. The molecule has 9 heterocycles. The highest BCUT2D eigenvalue weighted by Crippen LogP contribution is 2.52. The fourth-order valence-electron chi connectivity index (χ4n) is 10.4. The minimum Gasteiger partial charge on any atom is -0.489 e. The lowest BCUT2D eigenvalue weighted by molar-refractivity contribution is 0.168. The summed E-state index contributed by atoms with van der Waals surface area (Å²) in [6, 6.07) is 33.4. The van der Waals surface area contributed by atoms with Gasteiger partial charge >= 0.3 is 0 Å². The van der Waals surface area contributed by atoms with Crippen molar-refractivity contribution in [3.63, 3.8) is 0 Å². The first-order chi connectivity index (χ1) is 43.2. The monoisotopic (exact) mass is 1200 g/mol. The first-order valence-electron chi connectivity index (χ1n) is 31.0. The maximum atomic E-state index is 7.07. The van der Waals surface area contributed by atoms with E-state index in [1.54, 1.807) is 0 Å². The predicted molar refractivity (Wildman–Crippen MR) is 317 cm³/mol. The third-order valence-electron chi connectivity index (χ3n) is 17.0. The van der Waals surface area contributed by atoms with E-state index in [9.17, 15) is 0 Å². The van der Waals surface area contributed by atoms with Crippen molar-refractivity contribution in [3.05, 3.63) is 108 Å². The van der Waals surface area contributed by atoms with Gasteiger partial charge in [0.2, 0.25) is 6.29 Å². The van der Waals surface area contributed by atoms with Crippen LogP contribution in [0.1, 0.15) is 37.8 Å². The van der Waals surface area contributed by atoms with Crippen LogP contribution >= 0.6 is 0 Å². The number of ether oxygens (including phenoxy) is 19. The van der Waals surface area contributed by atoms with Crippen LogP contribution in [0.4, 0.5) is 0 Å². The van der Waals surface area contributed by atoms with Gasteiger partial charge in [0.25, 0.3) is 0 Å². The Balaban J connectivity index is 0.877. The summed E-state index contributed by atoms with van der Waals surface area (Å²) < 4.78 is 117. The number of rotatable bonds is 35. The van der Waals surface area contributed by atoms with Gasteiger partial charge in [0, 0.05) is 27.7 Å². The SMILES string of the molecule is CC(C)(c1cc(-c2ccc(OCC3CO3)c(OCC3CO3)c2)c(OCC2CO2)c(-c2ccc(OCC3CO3)c(OCC3CO3)c2)c1)c1cc(-c2ccc(OCC3CO3)c(OCC3CC3)c2)c(OCC2CO2)c(-c2ccc(OC3CO3)c(OCC3CO3)c2)c1. The first kappa shape index (κ1) is 56.2. The second-order valence-electron chi connectivity index (χ2n) is 24.8. The molecule has 9 saturated heterocycles. The van der Waals surface area contributed by atoms with Crippen molar-refractivity contribution in [1.82, 2.24) is 0 Å². The van der Waals surface area contributed by atoms with Gasteiger partial charge in [0.05, 0.1) is 59.5 Å². The lowest BCUT2D eigenvalue weighted by atomic mass is 9.74. The van der Waals surface area contributed by atoms with E-state index in [1.165, 1.54) is 0 Å². The Bertz CT molecular complexity index is 3410. The smallest absolute Gasteiger partial charge is 0.224 e. The third-order valence-corrected chi connectivity index (χ3v) is 17.0. The van der Waals surface area contributed by atoms with Gasteiger partial charge in [-0.15, -0.1) is 0 Å². The van der Waals surface area contributed by atoms with Crippen LogP contribution in [0.3, 0.4) is 0 Å². The molecule has 0 N–H and O–H groups in total. The molecular formula is C69H72O19. The highest BCUT2D eigenvalue weighted by molar-refractivity contribution is 5.88. The van der Waals surface area contributed by atoms with Gasteiger partial charge in [-0.3, -0.25) is 0 Å². The van der Waals surface area contributed by atoms with Gasteiger partial charge in [-0.1, -0.05) is 38.1 Å². The summed E-state index contributed by atoms with van der Waals surface area (Å²) >= 11 is 0. The zero-order valence-corrected chi connectivity index (χ0v) is 49.4. The lowest BCUT2D eigenvalue weighted by Crippen LogP contribution is -2.20. The van der Waals surface area contributed by atoms with E-state index in [-0.39, 0.29) is 55.1 Å². The molecule has 0 bridgehead atoms. The van der Waals surface area contributed by atoms with E-state index in [4.69, 9.17) is 90.0 Å². The molecule has 6 aromatic rings. The molecule has 10 aliphatic rings. The number of hydrogen-bond acceptors (Lipinski definition) is 19. The fourth-order valence-corrected chi connectivity index (χ4v) is 10.4. The van der Waals surface area contributed by atoms with Crippen molar-refractivity contribution in [2.24, 2.45) is 5.92 Å². The number of hydrogen-bond donors (Lipinski definition) is 0. The van der Waals surface area contributed by atoms with Crippen LogP contribution in [0.5, 0.6) is 57.5 Å². The van der Waals surface area contributed by atoms with Gasteiger partial charge in [-0.05, 0) is 125 Å². The largest absolute Gasteiger partial charge is 0.489 e. The standard InChI is InChI=1S/C69H72O19/c1-69(2,45-17-54(40-5-9-58(79-30-46-22-70-46)62(13-40)78-21-39-3-4-39)68(87-37-53-29-77-53)57(20-45)43-8-12-61(88-66-38-85-66)65(16-43)84-35-51-27-75-51)44-18-55(41-6-10-59(80-31-47-23-71-47)63(14-41)82-33-49-25-73-49)67(86-36-52-28-76-52)56(19-44)42-7-11-60(81-32-48-24-72-48)64(15-42)83-34-50-26-74-50/h5-20,39,46-53,66H,3-4,21-38H2,1-2H3. The minimum atomic E-state index is -0.775. The Hall–Kier alpha value is -7.04. The molecule has 19 nitrogen and oxygen atoms in total. The van der Waals surface area contributed by atoms with Gasteiger partial charge in [-0.2, -0.15) is 0 Å². The summed E-state index contributed by atoms with van der Waals surface area (Å²) in [7, 11) is 0. The second kappa shape index (κ2) is 24.1.